The summed E-state index contributed by atoms with van der Waals surface area (Å²) in [5, 5.41) is 13.8. The highest BCUT2D eigenvalue weighted by Crippen LogP contribution is 2.20. The highest BCUT2D eigenvalue weighted by molar-refractivity contribution is 7.10. The zero-order valence-corrected chi connectivity index (χ0v) is 10.6. The summed E-state index contributed by atoms with van der Waals surface area (Å²) in [6, 6.07) is 1.74. The molecule has 1 aliphatic rings. The van der Waals surface area contributed by atoms with Gasteiger partial charge in [-0.15, -0.1) is 11.3 Å². The molecule has 0 saturated carbocycles. The first-order valence-corrected chi connectivity index (χ1v) is 6.83. The monoisotopic (exact) mass is 251 g/mol. The van der Waals surface area contributed by atoms with Crippen LogP contribution in [-0.2, 0) is 6.54 Å². The number of thiophene rings is 1. The molecule has 0 aromatic carbocycles. The summed E-state index contributed by atoms with van der Waals surface area (Å²) >= 11 is 1.50. The number of carboxylic acid groups (broad SMARTS) is 1. The first-order chi connectivity index (χ1) is 8.25. The Hall–Kier alpha value is -1.13. The summed E-state index contributed by atoms with van der Waals surface area (Å²) in [7, 11) is 0. The van der Waals surface area contributed by atoms with Crippen molar-refractivity contribution in [3.63, 3.8) is 0 Å². The number of hydrogen-bond acceptors (Lipinski definition) is 3. The Morgan fingerprint density at radius 1 is 1.53 bits per heavy atom. The third kappa shape index (κ3) is 3.68. The first-order valence-electron chi connectivity index (χ1n) is 5.95. The first kappa shape index (κ1) is 12.3. The van der Waals surface area contributed by atoms with Crippen molar-refractivity contribution in [2.45, 2.75) is 32.2 Å². The van der Waals surface area contributed by atoms with E-state index in [9.17, 15) is 4.79 Å². The van der Waals surface area contributed by atoms with Gasteiger partial charge in [0, 0.05) is 16.8 Å². The molecule has 17 heavy (non-hydrogen) atoms. The van der Waals surface area contributed by atoms with Gasteiger partial charge in [-0.2, -0.15) is 0 Å². The Bertz CT molecular complexity index is 423. The largest absolute Gasteiger partial charge is 0.478 e. The summed E-state index contributed by atoms with van der Waals surface area (Å²) in [4.78, 5) is 11.8. The third-order valence-electron chi connectivity index (χ3n) is 2.96. The van der Waals surface area contributed by atoms with Crippen molar-refractivity contribution in [2.24, 2.45) is 0 Å². The summed E-state index contributed by atoms with van der Waals surface area (Å²) in [6.07, 6.45) is 7.26. The zero-order chi connectivity index (χ0) is 12.1. The molecule has 0 bridgehead atoms. The van der Waals surface area contributed by atoms with Crippen molar-refractivity contribution in [3.8, 4) is 0 Å². The lowest BCUT2D eigenvalue weighted by molar-refractivity contribution is 0.0697. The second-order valence-electron chi connectivity index (χ2n) is 4.29. The molecule has 1 aromatic rings. The van der Waals surface area contributed by atoms with Crippen LogP contribution < -0.4 is 5.32 Å². The van der Waals surface area contributed by atoms with Gasteiger partial charge in [0.25, 0.3) is 0 Å². The lowest BCUT2D eigenvalue weighted by atomic mass is 10.2. The normalized spacial score (nSPS) is 14.9. The van der Waals surface area contributed by atoms with Gasteiger partial charge < -0.3 is 10.4 Å². The average Bonchev–Trinajstić information content (AvgIpc) is 2.96. The van der Waals surface area contributed by atoms with Gasteiger partial charge in [0.15, 0.2) is 0 Å². The number of allylic oxidation sites excluding steroid dienone is 1. The molecule has 1 aromatic heterocycles. The minimum atomic E-state index is -0.844. The third-order valence-corrected chi connectivity index (χ3v) is 3.89. The van der Waals surface area contributed by atoms with E-state index in [1.54, 1.807) is 17.0 Å². The van der Waals surface area contributed by atoms with Crippen molar-refractivity contribution >= 4 is 17.3 Å². The Labute approximate surface area is 105 Å². The molecular weight excluding hydrogens is 234 g/mol. The fourth-order valence-electron chi connectivity index (χ4n) is 2.01. The lowest BCUT2D eigenvalue weighted by Crippen LogP contribution is -2.14. The van der Waals surface area contributed by atoms with Crippen LogP contribution in [0.5, 0.6) is 0 Å². The highest BCUT2D eigenvalue weighted by atomic mass is 32.1. The maximum absolute atomic E-state index is 10.7. The minimum Gasteiger partial charge on any atom is -0.478 e. The molecule has 0 spiro atoms. The zero-order valence-electron chi connectivity index (χ0n) is 9.74. The van der Waals surface area contributed by atoms with Crippen LogP contribution in [-0.4, -0.2) is 17.6 Å². The molecule has 1 aliphatic carbocycles. The van der Waals surface area contributed by atoms with E-state index in [-0.39, 0.29) is 0 Å². The van der Waals surface area contributed by atoms with Gasteiger partial charge in [-0.3, -0.25) is 0 Å². The van der Waals surface area contributed by atoms with Crippen LogP contribution in [0.1, 0.15) is 40.9 Å². The molecule has 3 nitrogen and oxygen atoms in total. The van der Waals surface area contributed by atoms with E-state index in [4.69, 9.17) is 5.11 Å². The van der Waals surface area contributed by atoms with Crippen LogP contribution in [0, 0.1) is 0 Å². The number of carbonyl (C=O) groups is 1. The smallest absolute Gasteiger partial charge is 0.336 e. The van der Waals surface area contributed by atoms with Crippen molar-refractivity contribution < 1.29 is 9.90 Å². The molecule has 0 amide bonds. The van der Waals surface area contributed by atoms with E-state index in [1.165, 1.54) is 30.6 Å². The summed E-state index contributed by atoms with van der Waals surface area (Å²) in [6.45, 7) is 1.75. The quantitative estimate of drug-likeness (QED) is 0.603. The van der Waals surface area contributed by atoms with Gasteiger partial charge in [-0.05, 0) is 38.3 Å². The van der Waals surface area contributed by atoms with Gasteiger partial charge in [-0.1, -0.05) is 11.6 Å². The van der Waals surface area contributed by atoms with Crippen molar-refractivity contribution in [1.29, 1.82) is 0 Å². The molecule has 4 heteroatoms. The number of hydrogen-bond donors (Lipinski definition) is 2. The number of nitrogens with one attached hydrogen (secondary N) is 1. The maximum Gasteiger partial charge on any atom is 0.336 e. The number of carboxylic acids is 1. The van der Waals surface area contributed by atoms with E-state index >= 15 is 0 Å². The minimum absolute atomic E-state index is 0.394. The molecule has 2 N–H and O–H groups in total. The molecule has 1 heterocycles. The number of rotatable bonds is 6. The maximum atomic E-state index is 10.7. The molecule has 2 rings (SSSR count). The van der Waals surface area contributed by atoms with Crippen LogP contribution in [0.15, 0.2) is 23.1 Å². The van der Waals surface area contributed by atoms with Crippen molar-refractivity contribution in [2.75, 3.05) is 6.54 Å². The predicted octanol–water partition coefficient (Wildman–Crippen LogP) is 3.04. The van der Waals surface area contributed by atoms with Crippen LogP contribution in [0.4, 0.5) is 0 Å². The predicted molar refractivity (Wildman–Crippen MR) is 69.5 cm³/mol. The van der Waals surface area contributed by atoms with E-state index in [0.29, 0.717) is 5.56 Å². The topological polar surface area (TPSA) is 49.3 Å². The molecule has 0 radical (unpaired) electrons. The van der Waals surface area contributed by atoms with E-state index < -0.39 is 5.97 Å². The van der Waals surface area contributed by atoms with Crippen molar-refractivity contribution in [1.82, 2.24) is 5.32 Å². The molecule has 0 atom stereocenters. The Morgan fingerprint density at radius 3 is 3.06 bits per heavy atom. The van der Waals surface area contributed by atoms with Crippen LogP contribution in [0.3, 0.4) is 0 Å². The van der Waals surface area contributed by atoms with Crippen LogP contribution >= 0.6 is 11.3 Å². The molecular formula is C13H17NO2S. The summed E-state index contributed by atoms with van der Waals surface area (Å²) in [5.74, 6) is -0.844. The van der Waals surface area contributed by atoms with Gasteiger partial charge >= 0.3 is 5.97 Å². The van der Waals surface area contributed by atoms with E-state index in [0.717, 1.165) is 24.4 Å². The van der Waals surface area contributed by atoms with E-state index in [1.807, 2.05) is 0 Å². The Morgan fingerprint density at radius 2 is 2.41 bits per heavy atom. The standard InChI is InChI=1S/C13H17NO2S/c15-13(16)11-7-12(17-9-11)8-14-6-5-10-3-1-2-4-10/h3,7,9,14H,1-2,4-6,8H2,(H,15,16). The second-order valence-corrected chi connectivity index (χ2v) is 5.28. The van der Waals surface area contributed by atoms with Gasteiger partial charge in [-0.25, -0.2) is 4.79 Å². The average molecular weight is 251 g/mol. The molecule has 0 fully saturated rings. The van der Waals surface area contributed by atoms with Crippen molar-refractivity contribution in [3.05, 3.63) is 33.5 Å². The summed E-state index contributed by atoms with van der Waals surface area (Å²) in [5.41, 5.74) is 1.96. The molecule has 0 aliphatic heterocycles. The van der Waals surface area contributed by atoms with Gasteiger partial charge in [0.2, 0.25) is 0 Å². The van der Waals surface area contributed by atoms with Gasteiger partial charge in [0.05, 0.1) is 5.56 Å². The molecule has 0 saturated heterocycles. The molecule has 92 valence electrons. The van der Waals surface area contributed by atoms with Crippen LogP contribution in [0.2, 0.25) is 0 Å². The molecule has 0 unspecified atom stereocenters. The van der Waals surface area contributed by atoms with Gasteiger partial charge in [0.1, 0.15) is 0 Å². The number of aromatic carboxylic acids is 1. The highest BCUT2D eigenvalue weighted by Gasteiger charge is 2.06. The Balaban J connectivity index is 1.68. The second kappa shape index (κ2) is 5.98. The fourth-order valence-corrected chi connectivity index (χ4v) is 2.84. The van der Waals surface area contributed by atoms with Crippen LogP contribution in [0.25, 0.3) is 0 Å². The summed E-state index contributed by atoms with van der Waals surface area (Å²) < 4.78 is 0. The fraction of sp³-hybridized carbons (Fsp3) is 0.462. The lowest BCUT2D eigenvalue weighted by Gasteiger charge is -2.03. The SMILES string of the molecule is O=C(O)c1csc(CNCCC2=CCCC2)c1. The Kier molecular flexibility index (Phi) is 4.34. The van der Waals surface area contributed by atoms with E-state index in [2.05, 4.69) is 11.4 Å².